The Hall–Kier alpha value is -2.66. The summed E-state index contributed by atoms with van der Waals surface area (Å²) in [6.45, 7) is 0. The fourth-order valence-electron chi connectivity index (χ4n) is 2.61. The Balaban J connectivity index is 1.59. The van der Waals surface area contributed by atoms with Crippen LogP contribution in [0.1, 0.15) is 20.7 Å². The van der Waals surface area contributed by atoms with Crippen molar-refractivity contribution in [1.29, 1.82) is 0 Å². The molecule has 0 aromatic heterocycles. The molecule has 0 aliphatic heterocycles. The first kappa shape index (κ1) is 24.0. The van der Waals surface area contributed by atoms with Crippen molar-refractivity contribution in [3.63, 3.8) is 0 Å². The van der Waals surface area contributed by atoms with E-state index in [1.807, 2.05) is 48.5 Å². The number of hydrogen-bond donors (Lipinski definition) is 4. The minimum atomic E-state index is -0.443. The maximum atomic E-state index is 12.6. The molecule has 0 saturated heterocycles. The van der Waals surface area contributed by atoms with Crippen molar-refractivity contribution < 1.29 is 9.59 Å². The average molecular weight is 592 g/mol. The molecule has 6 nitrogen and oxygen atoms in total. The topological polar surface area (TPSA) is 82.3 Å². The van der Waals surface area contributed by atoms with Crippen LogP contribution in [0.4, 0.5) is 11.4 Å². The van der Waals surface area contributed by atoms with E-state index in [1.165, 1.54) is 6.07 Å². The number of hydrogen-bond acceptors (Lipinski definition) is 4. The van der Waals surface area contributed by atoms with E-state index in [1.54, 1.807) is 18.2 Å². The number of carbonyl (C=O) groups is 2. The summed E-state index contributed by atoms with van der Waals surface area (Å²) in [5, 5.41) is 11.4. The number of rotatable bonds is 4. The van der Waals surface area contributed by atoms with Crippen LogP contribution in [0.25, 0.3) is 0 Å². The monoisotopic (exact) mass is 590 g/mol. The van der Waals surface area contributed by atoms with Crippen molar-refractivity contribution in [3.8, 4) is 0 Å². The van der Waals surface area contributed by atoms with E-state index in [4.69, 9.17) is 24.4 Å². The molecule has 3 aromatic carbocycles. The number of amides is 2. The van der Waals surface area contributed by atoms with Crippen molar-refractivity contribution >= 4 is 89.7 Å². The smallest absolute Gasteiger partial charge is 0.257 e. The van der Waals surface area contributed by atoms with Gasteiger partial charge < -0.3 is 10.6 Å². The highest BCUT2D eigenvalue weighted by Crippen LogP contribution is 2.16. The molecule has 0 atom stereocenters. The quantitative estimate of drug-likeness (QED) is 0.301. The van der Waals surface area contributed by atoms with Crippen molar-refractivity contribution in [2.75, 3.05) is 10.6 Å². The summed E-state index contributed by atoms with van der Waals surface area (Å²) in [6.07, 6.45) is 0. The Labute approximate surface area is 212 Å². The van der Waals surface area contributed by atoms with Crippen molar-refractivity contribution in [1.82, 2.24) is 10.6 Å². The van der Waals surface area contributed by atoms with Gasteiger partial charge in [-0.2, -0.15) is 0 Å². The van der Waals surface area contributed by atoms with Crippen LogP contribution in [0.5, 0.6) is 0 Å². The van der Waals surface area contributed by atoms with Gasteiger partial charge in [-0.15, -0.1) is 0 Å². The van der Waals surface area contributed by atoms with E-state index >= 15 is 0 Å². The van der Waals surface area contributed by atoms with E-state index in [2.05, 4.69) is 53.1 Å². The zero-order valence-electron chi connectivity index (χ0n) is 16.3. The van der Waals surface area contributed by atoms with Gasteiger partial charge in [-0.1, -0.05) is 50.1 Å². The molecular weight excluding hydrogens is 576 g/mol. The number of nitrogens with one attached hydrogen (secondary N) is 4. The summed E-state index contributed by atoms with van der Waals surface area (Å²) in [5.41, 5.74) is 2.01. The number of thiocarbonyl (C=S) groups is 2. The molecule has 0 aliphatic rings. The highest BCUT2D eigenvalue weighted by atomic mass is 79.9. The maximum absolute atomic E-state index is 12.6. The van der Waals surface area contributed by atoms with E-state index in [0.29, 0.717) is 0 Å². The zero-order chi connectivity index (χ0) is 23.1. The Bertz CT molecular complexity index is 1120. The molecule has 0 heterocycles. The first-order valence-corrected chi connectivity index (χ1v) is 11.6. The van der Waals surface area contributed by atoms with Gasteiger partial charge in [-0.3, -0.25) is 20.2 Å². The lowest BCUT2D eigenvalue weighted by Gasteiger charge is -2.12. The molecular formula is C22H16Br2N4O2S2. The second kappa shape index (κ2) is 11.3. The first-order chi connectivity index (χ1) is 15.3. The summed E-state index contributed by atoms with van der Waals surface area (Å²) >= 11 is 17.2. The lowest BCUT2D eigenvalue weighted by Crippen LogP contribution is -2.35. The van der Waals surface area contributed by atoms with E-state index in [9.17, 15) is 9.59 Å². The molecule has 3 rings (SSSR count). The van der Waals surface area contributed by atoms with Crippen LogP contribution < -0.4 is 21.3 Å². The van der Waals surface area contributed by atoms with Crippen LogP contribution in [-0.4, -0.2) is 22.0 Å². The van der Waals surface area contributed by atoms with Gasteiger partial charge in [0.15, 0.2) is 10.2 Å². The van der Waals surface area contributed by atoms with Gasteiger partial charge in [-0.05, 0) is 79.0 Å². The van der Waals surface area contributed by atoms with E-state index in [0.717, 1.165) is 20.3 Å². The third kappa shape index (κ3) is 7.20. The summed E-state index contributed by atoms with van der Waals surface area (Å²) < 4.78 is 1.75. The summed E-state index contributed by atoms with van der Waals surface area (Å²) in [7, 11) is 0. The van der Waals surface area contributed by atoms with Crippen LogP contribution >= 0.6 is 56.3 Å². The number of benzene rings is 3. The van der Waals surface area contributed by atoms with E-state index < -0.39 is 11.8 Å². The minimum Gasteiger partial charge on any atom is -0.332 e. The molecule has 162 valence electrons. The summed E-state index contributed by atoms with van der Waals surface area (Å²) in [5.74, 6) is -0.885. The number of anilines is 2. The van der Waals surface area contributed by atoms with Crippen molar-refractivity contribution in [2.24, 2.45) is 0 Å². The SMILES string of the molecule is O=C(NC(=S)Nc1cccc(Br)c1)c1cccc(C(=O)NC(=S)Nc2cccc(Br)c2)c1. The molecule has 10 heteroatoms. The molecule has 0 aliphatic carbocycles. The van der Waals surface area contributed by atoms with Gasteiger partial charge in [0, 0.05) is 31.4 Å². The lowest BCUT2D eigenvalue weighted by molar-refractivity contribution is 0.0976. The molecule has 0 radical (unpaired) electrons. The average Bonchev–Trinajstić information content (AvgIpc) is 2.73. The van der Waals surface area contributed by atoms with E-state index in [-0.39, 0.29) is 21.4 Å². The fraction of sp³-hybridized carbons (Fsp3) is 0. The number of carbonyl (C=O) groups excluding carboxylic acids is 2. The second-order valence-corrected chi connectivity index (χ2v) is 9.07. The van der Waals surface area contributed by atoms with Crippen LogP contribution in [0.3, 0.4) is 0 Å². The molecule has 0 unspecified atom stereocenters. The molecule has 0 fully saturated rings. The van der Waals surface area contributed by atoms with Crippen molar-refractivity contribution in [2.45, 2.75) is 0 Å². The standard InChI is InChI=1S/C22H16Br2N4O2S2/c23-15-6-2-8-17(11-15)25-21(31)27-19(29)13-4-1-5-14(10-13)20(30)28-22(32)26-18-9-3-7-16(24)12-18/h1-12H,(H2,25,27,29,31)(H2,26,28,30,32). The maximum Gasteiger partial charge on any atom is 0.257 e. The van der Waals surface area contributed by atoms with Crippen LogP contribution in [0.2, 0.25) is 0 Å². The first-order valence-electron chi connectivity index (χ1n) is 9.16. The van der Waals surface area contributed by atoms with Crippen LogP contribution in [-0.2, 0) is 0 Å². The van der Waals surface area contributed by atoms with Gasteiger partial charge in [0.25, 0.3) is 11.8 Å². The fourth-order valence-corrected chi connectivity index (χ4v) is 3.83. The molecule has 3 aromatic rings. The summed E-state index contributed by atoms with van der Waals surface area (Å²) in [4.78, 5) is 25.1. The van der Waals surface area contributed by atoms with Crippen LogP contribution in [0, 0.1) is 0 Å². The van der Waals surface area contributed by atoms with Gasteiger partial charge in [0.05, 0.1) is 0 Å². The van der Waals surface area contributed by atoms with Gasteiger partial charge in [0.2, 0.25) is 0 Å². The normalized spacial score (nSPS) is 10.1. The second-order valence-electron chi connectivity index (χ2n) is 6.42. The Morgan fingerprint density at radius 3 is 1.44 bits per heavy atom. The van der Waals surface area contributed by atoms with Gasteiger partial charge >= 0.3 is 0 Å². The number of halogens is 2. The van der Waals surface area contributed by atoms with Crippen LogP contribution in [0.15, 0.2) is 81.7 Å². The molecule has 0 saturated carbocycles. The molecule has 4 N–H and O–H groups in total. The van der Waals surface area contributed by atoms with Gasteiger partial charge in [-0.25, -0.2) is 0 Å². The highest BCUT2D eigenvalue weighted by Gasteiger charge is 2.13. The Kier molecular flexibility index (Phi) is 8.46. The lowest BCUT2D eigenvalue weighted by atomic mass is 10.1. The third-order valence-corrected chi connectivity index (χ3v) is 5.40. The highest BCUT2D eigenvalue weighted by molar-refractivity contribution is 9.10. The molecule has 2 amide bonds. The predicted molar refractivity (Wildman–Crippen MR) is 142 cm³/mol. The minimum absolute atomic E-state index is 0.141. The zero-order valence-corrected chi connectivity index (χ0v) is 21.1. The predicted octanol–water partition coefficient (Wildman–Crippen LogP) is 5.47. The Morgan fingerprint density at radius 2 is 1.03 bits per heavy atom. The van der Waals surface area contributed by atoms with Gasteiger partial charge in [0.1, 0.15) is 0 Å². The summed E-state index contributed by atoms with van der Waals surface area (Å²) in [6, 6.07) is 21.0. The van der Waals surface area contributed by atoms with Crippen molar-refractivity contribution in [3.05, 3.63) is 92.9 Å². The molecule has 32 heavy (non-hydrogen) atoms. The molecule has 0 spiro atoms. The third-order valence-electron chi connectivity index (χ3n) is 4.01. The molecule has 0 bridgehead atoms. The largest absolute Gasteiger partial charge is 0.332 e. The Morgan fingerprint density at radius 1 is 0.625 bits per heavy atom.